The number of pyridine rings is 1. The van der Waals surface area contributed by atoms with E-state index < -0.39 is 83.4 Å². The molecular weight excluding hydrogens is 750 g/mol. The fourth-order valence-electron chi connectivity index (χ4n) is 9.09. The molecule has 58 heavy (non-hydrogen) atoms. The Balaban J connectivity index is 1.43. The molecule has 3 aliphatic rings. The van der Waals surface area contributed by atoms with E-state index in [-0.39, 0.29) is 44.1 Å². The number of imidazole rings is 1. The van der Waals surface area contributed by atoms with Crippen molar-refractivity contribution in [2.75, 3.05) is 34.5 Å². The highest BCUT2D eigenvalue weighted by Crippen LogP contribution is 2.43. The van der Waals surface area contributed by atoms with Gasteiger partial charge in [0.1, 0.15) is 30.6 Å². The summed E-state index contributed by atoms with van der Waals surface area (Å²) in [6.45, 7) is 14.2. The van der Waals surface area contributed by atoms with Gasteiger partial charge in [0.15, 0.2) is 17.7 Å². The number of ether oxygens (including phenoxy) is 6. The number of aromatic nitrogens is 3. The summed E-state index contributed by atoms with van der Waals surface area (Å²) in [4.78, 5) is 68.6. The number of fused-ring (bicyclic) bond motifs is 1. The summed E-state index contributed by atoms with van der Waals surface area (Å²) >= 11 is 0. The summed E-state index contributed by atoms with van der Waals surface area (Å²) in [7, 11) is 5.21. The largest absolute Gasteiger partial charge is 0.458 e. The lowest BCUT2D eigenvalue weighted by atomic mass is 9.73. The van der Waals surface area contributed by atoms with Gasteiger partial charge in [-0.2, -0.15) is 0 Å². The van der Waals surface area contributed by atoms with Crippen LogP contribution in [0.15, 0.2) is 37.1 Å². The van der Waals surface area contributed by atoms with Crippen molar-refractivity contribution < 1.29 is 52.7 Å². The van der Waals surface area contributed by atoms with Crippen LogP contribution in [0.5, 0.6) is 0 Å². The van der Waals surface area contributed by atoms with E-state index in [9.17, 15) is 24.3 Å². The fraction of sp³-hybridized carbons (Fsp3) is 0.714. The molecule has 16 nitrogen and oxygen atoms in total. The van der Waals surface area contributed by atoms with Crippen molar-refractivity contribution in [3.05, 3.63) is 37.1 Å². The van der Waals surface area contributed by atoms with Crippen molar-refractivity contribution in [2.24, 2.45) is 23.7 Å². The maximum Gasteiger partial charge on any atom is 0.412 e. The first-order chi connectivity index (χ1) is 27.4. The van der Waals surface area contributed by atoms with Gasteiger partial charge in [-0.25, -0.2) is 9.78 Å². The molecule has 5 heterocycles. The molecule has 3 fully saturated rings. The Hall–Kier alpha value is -3.80. The quantitative estimate of drug-likeness (QED) is 0.194. The van der Waals surface area contributed by atoms with Gasteiger partial charge in [0.05, 0.1) is 42.5 Å². The number of likely N-dealkylation sites (N-methyl/N-ethyl adjacent to an activating group) is 1. The van der Waals surface area contributed by atoms with Gasteiger partial charge < -0.3 is 43.0 Å². The number of hydrogen-bond acceptors (Lipinski definition) is 14. The molecule has 1 N–H and O–H groups in total. The van der Waals surface area contributed by atoms with Crippen molar-refractivity contribution in [2.45, 2.75) is 135 Å². The number of Topliss-reactive ketones (excluding diaryl/α,β-unsaturated/α-hetero) is 2. The van der Waals surface area contributed by atoms with Gasteiger partial charge in [-0.1, -0.05) is 27.7 Å². The molecule has 3 saturated heterocycles. The minimum Gasteiger partial charge on any atom is -0.458 e. The summed E-state index contributed by atoms with van der Waals surface area (Å²) in [6, 6.07) is 2.55. The van der Waals surface area contributed by atoms with E-state index in [1.54, 1.807) is 60.3 Å². The fourth-order valence-corrected chi connectivity index (χ4v) is 9.09. The molecule has 2 aromatic rings. The number of ketones is 2. The van der Waals surface area contributed by atoms with E-state index in [1.807, 2.05) is 48.8 Å². The number of esters is 1. The molecule has 0 aromatic carbocycles. The number of carbonyl (C=O) groups excluding carboxylic acids is 4. The second kappa shape index (κ2) is 18.6. The monoisotopic (exact) mass is 813 g/mol. The van der Waals surface area contributed by atoms with E-state index in [0.29, 0.717) is 13.0 Å². The van der Waals surface area contributed by atoms with Crippen LogP contribution in [0.3, 0.4) is 0 Å². The first-order valence-electron chi connectivity index (χ1n) is 20.3. The molecule has 0 bridgehead atoms. The number of carbonyl (C=O) groups is 4. The minimum absolute atomic E-state index is 0.0984. The Morgan fingerprint density at radius 2 is 1.78 bits per heavy atom. The molecule has 5 rings (SSSR count). The van der Waals surface area contributed by atoms with Gasteiger partial charge >= 0.3 is 12.1 Å². The summed E-state index contributed by atoms with van der Waals surface area (Å²) in [5.74, 6) is -5.22. The zero-order valence-electron chi connectivity index (χ0n) is 35.8. The molecule has 3 aliphatic heterocycles. The SMILES string of the molecule is CC[C@H]1OC(=O)[C@H](C)C(=O)[C@H](C)[C@@H](O[C@@H]2O[C@H](C)C[C@H](N(C)C)[C@H]2O)[C@](C)(OC)C[C@@H](C)C(=O)[C@H](C)[C@@H]2N(COCCn3cnc(-c4cccnc4)c3)C(=O)O[C@@]21C. The highest BCUT2D eigenvalue weighted by molar-refractivity contribution is 6.00. The predicted molar refractivity (Wildman–Crippen MR) is 211 cm³/mol. The molecule has 16 heteroatoms. The Labute approximate surface area is 341 Å². The third kappa shape index (κ3) is 9.32. The summed E-state index contributed by atoms with van der Waals surface area (Å²) in [5.41, 5.74) is -1.14. The minimum atomic E-state index is -1.48. The van der Waals surface area contributed by atoms with Crippen molar-refractivity contribution >= 4 is 23.6 Å². The Kier molecular flexibility index (Phi) is 14.6. The smallest absolute Gasteiger partial charge is 0.412 e. The van der Waals surface area contributed by atoms with Crippen molar-refractivity contribution in [3.63, 3.8) is 0 Å². The first-order valence-corrected chi connectivity index (χ1v) is 20.3. The molecule has 0 saturated carbocycles. The third-order valence-corrected chi connectivity index (χ3v) is 12.5. The topological polar surface area (TPSA) is 181 Å². The lowest BCUT2D eigenvalue weighted by Crippen LogP contribution is -2.60. The van der Waals surface area contributed by atoms with E-state index >= 15 is 0 Å². The van der Waals surface area contributed by atoms with Crippen LogP contribution in [0.25, 0.3) is 11.3 Å². The van der Waals surface area contributed by atoms with E-state index in [1.165, 1.54) is 18.9 Å². The van der Waals surface area contributed by atoms with Gasteiger partial charge in [0.2, 0.25) is 0 Å². The number of hydrogen-bond donors (Lipinski definition) is 1. The molecular formula is C42H63N5O11. The van der Waals surface area contributed by atoms with Crippen LogP contribution in [0.1, 0.15) is 74.7 Å². The second-order valence-electron chi connectivity index (χ2n) is 16.9. The second-order valence-corrected chi connectivity index (χ2v) is 16.9. The molecule has 0 spiro atoms. The highest BCUT2D eigenvalue weighted by Gasteiger charge is 2.60. The Morgan fingerprint density at radius 1 is 1.05 bits per heavy atom. The summed E-state index contributed by atoms with van der Waals surface area (Å²) < 4.78 is 39.0. The Morgan fingerprint density at radius 3 is 2.41 bits per heavy atom. The first kappa shape index (κ1) is 45.3. The predicted octanol–water partition coefficient (Wildman–Crippen LogP) is 4.12. The normalized spacial score (nSPS) is 36.7. The molecule has 13 atom stereocenters. The zero-order chi connectivity index (χ0) is 42.7. The molecule has 0 unspecified atom stereocenters. The maximum atomic E-state index is 14.7. The lowest BCUT2D eigenvalue weighted by Gasteiger charge is -2.47. The number of aliphatic hydroxyl groups excluding tert-OH is 1. The molecule has 2 aromatic heterocycles. The van der Waals surface area contributed by atoms with Crippen molar-refractivity contribution in [1.29, 1.82) is 0 Å². The number of aliphatic hydroxyl groups is 1. The van der Waals surface area contributed by atoms with Crippen LogP contribution in [-0.4, -0.2) is 142 Å². The number of amides is 1. The highest BCUT2D eigenvalue weighted by atomic mass is 16.7. The average molecular weight is 814 g/mol. The maximum absolute atomic E-state index is 14.7. The van der Waals surface area contributed by atoms with Gasteiger partial charge in [-0.05, 0) is 73.2 Å². The van der Waals surface area contributed by atoms with Crippen LogP contribution < -0.4 is 0 Å². The van der Waals surface area contributed by atoms with Gasteiger partial charge in [-0.15, -0.1) is 0 Å². The lowest BCUT2D eigenvalue weighted by molar-refractivity contribution is -0.295. The van der Waals surface area contributed by atoms with E-state index in [4.69, 9.17) is 28.4 Å². The summed E-state index contributed by atoms with van der Waals surface area (Å²) in [5, 5.41) is 11.4. The molecule has 322 valence electrons. The van der Waals surface area contributed by atoms with Gasteiger partial charge in [0.25, 0.3) is 0 Å². The van der Waals surface area contributed by atoms with Crippen LogP contribution >= 0.6 is 0 Å². The zero-order valence-corrected chi connectivity index (χ0v) is 35.8. The molecule has 0 aliphatic carbocycles. The standard InChI is InChI=1S/C42H63N5O11/c1-12-32-42(8)36(47(40(52)58-42)23-54-17-16-46-21-30(44-22-46)29-14-13-15-43-20-29)26(4)33(48)24(2)19-41(7,53-11)37(27(5)34(49)28(6)38(51)56-32)57-39-35(50)31(45(9)10)18-25(3)55-39/h13-15,20-22,24-28,31-32,35-37,39,50H,12,16-19,23H2,1-11H3/t24-,25-,26+,27+,28-,31+,32-,35-,36+,37-,39+,41-,42-/m1/s1. The molecule has 0 radical (unpaired) electrons. The number of rotatable bonds is 11. The number of cyclic esters (lactones) is 1. The van der Waals surface area contributed by atoms with Gasteiger partial charge in [0, 0.05) is 61.6 Å². The number of nitrogens with zero attached hydrogens (tertiary/aromatic N) is 5. The van der Waals surface area contributed by atoms with Crippen LogP contribution in [0, 0.1) is 23.7 Å². The van der Waals surface area contributed by atoms with E-state index in [0.717, 1.165) is 11.3 Å². The summed E-state index contributed by atoms with van der Waals surface area (Å²) in [6.07, 6.45) is 2.62. The van der Waals surface area contributed by atoms with Crippen LogP contribution in [0.2, 0.25) is 0 Å². The third-order valence-electron chi connectivity index (χ3n) is 12.5. The van der Waals surface area contributed by atoms with Crippen LogP contribution in [-0.2, 0) is 49.3 Å². The average Bonchev–Trinajstić information content (AvgIpc) is 3.78. The Bertz CT molecular complexity index is 1740. The van der Waals surface area contributed by atoms with Crippen molar-refractivity contribution in [1.82, 2.24) is 24.3 Å². The van der Waals surface area contributed by atoms with E-state index in [2.05, 4.69) is 9.97 Å². The van der Waals surface area contributed by atoms with Crippen molar-refractivity contribution in [3.8, 4) is 11.3 Å². The number of methoxy groups -OCH3 is 1. The molecule has 1 amide bonds. The van der Waals surface area contributed by atoms with Gasteiger partial charge in [-0.3, -0.25) is 24.3 Å². The van der Waals surface area contributed by atoms with Crippen LogP contribution in [0.4, 0.5) is 4.79 Å².